The van der Waals surface area contributed by atoms with E-state index in [0.717, 1.165) is 0 Å². The highest BCUT2D eigenvalue weighted by Crippen LogP contribution is 2.31. The van der Waals surface area contributed by atoms with Gasteiger partial charge in [0, 0.05) is 25.3 Å². The number of rotatable bonds is 2. The fraction of sp³-hybridized carbons (Fsp3) is 0.667. The molecule has 3 heteroatoms. The molecule has 1 unspecified atom stereocenters. The van der Waals surface area contributed by atoms with Crippen LogP contribution in [0, 0.1) is 11.8 Å². The van der Waals surface area contributed by atoms with E-state index in [1.807, 2.05) is 20.8 Å². The van der Waals surface area contributed by atoms with Crippen molar-refractivity contribution in [1.29, 1.82) is 0 Å². The van der Waals surface area contributed by atoms with Crippen LogP contribution in [0.25, 0.3) is 0 Å². The largest absolute Gasteiger partial charge is 0.431 e. The molecule has 0 saturated carbocycles. The van der Waals surface area contributed by atoms with Gasteiger partial charge in [-0.3, -0.25) is 9.59 Å². The van der Waals surface area contributed by atoms with Gasteiger partial charge in [0.2, 0.25) is 0 Å². The molecule has 0 aromatic rings. The Kier molecular flexibility index (Phi) is 3.66. The quantitative estimate of drug-likeness (QED) is 0.657. The van der Waals surface area contributed by atoms with Crippen LogP contribution in [-0.4, -0.2) is 11.8 Å². The number of esters is 1. The predicted molar refractivity (Wildman–Crippen MR) is 57.0 cm³/mol. The Bertz CT molecular complexity index is 313. The maximum atomic E-state index is 11.8. The molecule has 0 radical (unpaired) electrons. The molecule has 0 bridgehead atoms. The van der Waals surface area contributed by atoms with Crippen molar-refractivity contribution < 1.29 is 14.3 Å². The van der Waals surface area contributed by atoms with E-state index in [-0.39, 0.29) is 23.6 Å². The molecule has 1 aliphatic carbocycles. The first-order valence-electron chi connectivity index (χ1n) is 5.36. The van der Waals surface area contributed by atoms with E-state index in [9.17, 15) is 9.59 Å². The van der Waals surface area contributed by atoms with Gasteiger partial charge < -0.3 is 4.74 Å². The van der Waals surface area contributed by atoms with Gasteiger partial charge in [-0.2, -0.15) is 0 Å². The van der Waals surface area contributed by atoms with Crippen LogP contribution < -0.4 is 0 Å². The monoisotopic (exact) mass is 210 g/mol. The minimum atomic E-state index is -0.343. The summed E-state index contributed by atoms with van der Waals surface area (Å²) in [6.07, 6.45) is 1.26. The van der Waals surface area contributed by atoms with E-state index in [1.165, 1.54) is 6.92 Å². The van der Waals surface area contributed by atoms with E-state index in [2.05, 4.69) is 0 Å². The lowest BCUT2D eigenvalue weighted by Crippen LogP contribution is -2.23. The lowest BCUT2D eigenvalue weighted by molar-refractivity contribution is -0.137. The molecule has 0 spiro atoms. The highest BCUT2D eigenvalue weighted by atomic mass is 16.5. The Balaban J connectivity index is 3.03. The molecule has 0 fully saturated rings. The zero-order chi connectivity index (χ0) is 11.6. The molecule has 0 N–H and O–H groups in total. The molecule has 1 aliphatic rings. The van der Waals surface area contributed by atoms with Crippen LogP contribution in [0.4, 0.5) is 0 Å². The van der Waals surface area contributed by atoms with Crippen molar-refractivity contribution in [2.75, 3.05) is 0 Å². The summed E-state index contributed by atoms with van der Waals surface area (Å²) in [5.41, 5.74) is 0.698. The summed E-state index contributed by atoms with van der Waals surface area (Å²) in [5, 5.41) is 0. The molecule has 0 aromatic heterocycles. The summed E-state index contributed by atoms with van der Waals surface area (Å²) >= 11 is 0. The number of hydrogen-bond acceptors (Lipinski definition) is 3. The van der Waals surface area contributed by atoms with Gasteiger partial charge in [0.1, 0.15) is 5.76 Å². The third-order valence-corrected chi connectivity index (χ3v) is 2.51. The Morgan fingerprint density at radius 2 is 2.00 bits per heavy atom. The van der Waals surface area contributed by atoms with Gasteiger partial charge in [-0.25, -0.2) is 0 Å². The van der Waals surface area contributed by atoms with Crippen molar-refractivity contribution in [2.24, 2.45) is 11.8 Å². The van der Waals surface area contributed by atoms with E-state index < -0.39 is 0 Å². The summed E-state index contributed by atoms with van der Waals surface area (Å²) in [4.78, 5) is 22.7. The Labute approximate surface area is 90.5 Å². The average molecular weight is 210 g/mol. The molecule has 0 aliphatic heterocycles. The molecule has 84 valence electrons. The summed E-state index contributed by atoms with van der Waals surface area (Å²) < 4.78 is 5.13. The Hall–Kier alpha value is -1.12. The van der Waals surface area contributed by atoms with Crippen molar-refractivity contribution in [3.63, 3.8) is 0 Å². The number of ether oxygens (including phenoxy) is 1. The minimum Gasteiger partial charge on any atom is -0.431 e. The van der Waals surface area contributed by atoms with Crippen LogP contribution in [0.15, 0.2) is 11.3 Å². The molecule has 1 rings (SSSR count). The topological polar surface area (TPSA) is 43.4 Å². The fourth-order valence-electron chi connectivity index (χ4n) is 1.99. The smallest absolute Gasteiger partial charge is 0.307 e. The van der Waals surface area contributed by atoms with Gasteiger partial charge in [-0.1, -0.05) is 20.8 Å². The summed E-state index contributed by atoms with van der Waals surface area (Å²) in [7, 11) is 0. The van der Waals surface area contributed by atoms with Crippen LogP contribution >= 0.6 is 0 Å². The van der Waals surface area contributed by atoms with E-state index in [0.29, 0.717) is 24.2 Å². The van der Waals surface area contributed by atoms with Crippen LogP contribution in [0.3, 0.4) is 0 Å². The molecule has 0 aromatic carbocycles. The number of hydrogen-bond donors (Lipinski definition) is 0. The fourth-order valence-corrected chi connectivity index (χ4v) is 1.99. The standard InChI is InChI=1S/C12H18O3/c1-7(2)12-10(14)5-8(3)6-11(12)15-9(4)13/h7-8H,5-6H2,1-4H3. The first kappa shape index (κ1) is 12.0. The number of allylic oxidation sites excluding steroid dienone is 2. The van der Waals surface area contributed by atoms with Crippen LogP contribution in [0.5, 0.6) is 0 Å². The van der Waals surface area contributed by atoms with Crippen LogP contribution in [-0.2, 0) is 14.3 Å². The van der Waals surface area contributed by atoms with E-state index in [1.54, 1.807) is 0 Å². The third-order valence-electron chi connectivity index (χ3n) is 2.51. The lowest BCUT2D eigenvalue weighted by Gasteiger charge is -2.24. The SMILES string of the molecule is CC(=O)OC1=C(C(C)C)C(=O)CC(C)C1. The number of Topliss-reactive ketones (excluding diaryl/α,β-unsaturated/α-hetero) is 1. The molecule has 3 nitrogen and oxygen atoms in total. The first-order chi connectivity index (χ1) is 6.91. The van der Waals surface area contributed by atoms with E-state index in [4.69, 9.17) is 4.74 Å². The minimum absolute atomic E-state index is 0.124. The molecule has 0 saturated heterocycles. The van der Waals surface area contributed by atoms with Gasteiger partial charge >= 0.3 is 5.97 Å². The van der Waals surface area contributed by atoms with Crippen LogP contribution in [0.1, 0.15) is 40.5 Å². The summed E-state index contributed by atoms with van der Waals surface area (Å²) in [6.45, 7) is 7.27. The molecule has 0 amide bonds. The average Bonchev–Trinajstić information content (AvgIpc) is 1.99. The maximum Gasteiger partial charge on any atom is 0.307 e. The second-order valence-electron chi connectivity index (χ2n) is 4.52. The molecular formula is C12H18O3. The number of carbonyl (C=O) groups is 2. The van der Waals surface area contributed by atoms with Gasteiger partial charge in [-0.15, -0.1) is 0 Å². The second kappa shape index (κ2) is 4.60. The zero-order valence-corrected chi connectivity index (χ0v) is 9.79. The van der Waals surface area contributed by atoms with Crippen molar-refractivity contribution in [1.82, 2.24) is 0 Å². The summed E-state index contributed by atoms with van der Waals surface area (Å²) in [5.74, 6) is 0.764. The van der Waals surface area contributed by atoms with Crippen molar-refractivity contribution in [3.05, 3.63) is 11.3 Å². The number of carbonyl (C=O) groups excluding carboxylic acids is 2. The van der Waals surface area contributed by atoms with Gasteiger partial charge in [-0.05, 0) is 11.8 Å². The van der Waals surface area contributed by atoms with Crippen LogP contribution in [0.2, 0.25) is 0 Å². The number of ketones is 1. The Morgan fingerprint density at radius 3 is 2.47 bits per heavy atom. The predicted octanol–water partition coefficient (Wildman–Crippen LogP) is 2.46. The van der Waals surface area contributed by atoms with E-state index >= 15 is 0 Å². The molecule has 15 heavy (non-hydrogen) atoms. The van der Waals surface area contributed by atoms with Gasteiger partial charge in [0.15, 0.2) is 5.78 Å². The van der Waals surface area contributed by atoms with Crippen molar-refractivity contribution in [3.8, 4) is 0 Å². The third kappa shape index (κ3) is 2.91. The van der Waals surface area contributed by atoms with Gasteiger partial charge in [0.25, 0.3) is 0 Å². The first-order valence-corrected chi connectivity index (χ1v) is 5.36. The highest BCUT2D eigenvalue weighted by Gasteiger charge is 2.28. The van der Waals surface area contributed by atoms with Crippen molar-refractivity contribution >= 4 is 11.8 Å². The Morgan fingerprint density at radius 1 is 1.40 bits per heavy atom. The lowest BCUT2D eigenvalue weighted by atomic mass is 9.83. The van der Waals surface area contributed by atoms with Gasteiger partial charge in [0.05, 0.1) is 0 Å². The maximum absolute atomic E-state index is 11.8. The highest BCUT2D eigenvalue weighted by molar-refractivity contribution is 5.97. The molecule has 0 heterocycles. The zero-order valence-electron chi connectivity index (χ0n) is 9.79. The summed E-state index contributed by atoms with van der Waals surface area (Å²) in [6, 6.07) is 0. The van der Waals surface area contributed by atoms with Crippen molar-refractivity contribution in [2.45, 2.75) is 40.5 Å². The molecule has 1 atom stereocenters. The normalized spacial score (nSPS) is 22.2. The molecular weight excluding hydrogens is 192 g/mol. The second-order valence-corrected chi connectivity index (χ2v) is 4.52.